The summed E-state index contributed by atoms with van der Waals surface area (Å²) in [7, 11) is 1.63. The van der Waals surface area contributed by atoms with E-state index in [1.807, 2.05) is 25.1 Å². The van der Waals surface area contributed by atoms with E-state index in [1.54, 1.807) is 7.11 Å². The van der Waals surface area contributed by atoms with Crippen LogP contribution in [-0.2, 0) is 11.8 Å². The molecule has 0 saturated carbocycles. The maximum Gasteiger partial charge on any atom is 0.142 e. The zero-order valence-electron chi connectivity index (χ0n) is 10.0. The van der Waals surface area contributed by atoms with E-state index >= 15 is 0 Å². The van der Waals surface area contributed by atoms with E-state index in [1.165, 1.54) is 5.56 Å². The van der Waals surface area contributed by atoms with Gasteiger partial charge in [0, 0.05) is 5.41 Å². The maximum absolute atomic E-state index is 9.10. The number of methoxy groups -OCH3 is 1. The molecular weight excluding hydrogens is 212 g/mol. The molecule has 3 heteroatoms. The molecule has 3 nitrogen and oxygen atoms in total. The summed E-state index contributed by atoms with van der Waals surface area (Å²) in [5.41, 5.74) is 1.95. The van der Waals surface area contributed by atoms with Crippen molar-refractivity contribution in [2.45, 2.75) is 25.2 Å². The Balaban J connectivity index is 2.52. The highest BCUT2D eigenvalue weighted by atomic mass is 16.5. The van der Waals surface area contributed by atoms with Crippen LogP contribution in [0.5, 0.6) is 5.75 Å². The number of ether oxygens (including phenoxy) is 1. The average molecular weight is 226 g/mol. The summed E-state index contributed by atoms with van der Waals surface area (Å²) in [6.45, 7) is 2.00. The molecule has 1 aromatic rings. The Bertz CT molecular complexity index is 510. The molecule has 1 aliphatic carbocycles. The van der Waals surface area contributed by atoms with Crippen LogP contribution in [0.1, 0.15) is 24.5 Å². The molecule has 0 bridgehead atoms. The summed E-state index contributed by atoms with van der Waals surface area (Å²) in [4.78, 5) is 0. The van der Waals surface area contributed by atoms with E-state index in [9.17, 15) is 0 Å². The zero-order chi connectivity index (χ0) is 12.5. The minimum absolute atomic E-state index is 0.368. The Morgan fingerprint density at radius 1 is 1.35 bits per heavy atom. The Labute approximate surface area is 101 Å². The van der Waals surface area contributed by atoms with Crippen molar-refractivity contribution in [3.63, 3.8) is 0 Å². The van der Waals surface area contributed by atoms with Gasteiger partial charge in [-0.05, 0) is 36.1 Å². The van der Waals surface area contributed by atoms with Gasteiger partial charge in [0.05, 0.1) is 19.2 Å². The largest absolute Gasteiger partial charge is 0.497 e. The van der Waals surface area contributed by atoms with Crippen LogP contribution in [0.2, 0.25) is 0 Å². The average Bonchev–Trinajstić information content (AvgIpc) is 2.69. The molecule has 0 N–H and O–H groups in total. The molecule has 0 aromatic heterocycles. The van der Waals surface area contributed by atoms with Crippen molar-refractivity contribution < 1.29 is 4.74 Å². The third-order valence-corrected chi connectivity index (χ3v) is 3.74. The number of fused-ring (bicyclic) bond motifs is 1. The highest BCUT2D eigenvalue weighted by molar-refractivity contribution is 5.46. The molecule has 2 rings (SSSR count). The van der Waals surface area contributed by atoms with E-state index in [2.05, 4.69) is 12.1 Å². The van der Waals surface area contributed by atoms with Gasteiger partial charge >= 0.3 is 0 Å². The lowest BCUT2D eigenvalue weighted by molar-refractivity contribution is 0.399. The second-order valence-corrected chi connectivity index (χ2v) is 4.63. The molecule has 1 atom stereocenters. The molecule has 1 unspecified atom stereocenters. The lowest BCUT2D eigenvalue weighted by Gasteiger charge is -2.26. The molecule has 0 spiro atoms. The van der Waals surface area contributed by atoms with Gasteiger partial charge < -0.3 is 4.74 Å². The van der Waals surface area contributed by atoms with Crippen LogP contribution in [0.3, 0.4) is 0 Å². The molecule has 0 aliphatic heterocycles. The van der Waals surface area contributed by atoms with Gasteiger partial charge in [0.2, 0.25) is 0 Å². The Morgan fingerprint density at radius 2 is 2.06 bits per heavy atom. The third kappa shape index (κ3) is 1.65. The number of nitrogens with zero attached hydrogens (tertiary/aromatic N) is 2. The second kappa shape index (κ2) is 4.11. The lowest BCUT2D eigenvalue weighted by Crippen LogP contribution is -2.27. The van der Waals surface area contributed by atoms with Gasteiger partial charge in [0.1, 0.15) is 11.7 Å². The minimum Gasteiger partial charge on any atom is -0.497 e. The first kappa shape index (κ1) is 11.5. The van der Waals surface area contributed by atoms with Crippen molar-refractivity contribution in [3.8, 4) is 17.9 Å². The Kier molecular flexibility index (Phi) is 2.77. The van der Waals surface area contributed by atoms with E-state index < -0.39 is 5.92 Å². The fraction of sp³-hybridized carbons (Fsp3) is 0.429. The van der Waals surface area contributed by atoms with Crippen molar-refractivity contribution in [2.24, 2.45) is 5.92 Å². The molecule has 1 aliphatic rings. The molecule has 17 heavy (non-hydrogen) atoms. The smallest absolute Gasteiger partial charge is 0.142 e. The van der Waals surface area contributed by atoms with Crippen LogP contribution < -0.4 is 4.74 Å². The van der Waals surface area contributed by atoms with Gasteiger partial charge in [-0.15, -0.1) is 0 Å². The first-order chi connectivity index (χ1) is 8.15. The van der Waals surface area contributed by atoms with Gasteiger partial charge in [0.25, 0.3) is 0 Å². The van der Waals surface area contributed by atoms with Crippen molar-refractivity contribution in [1.82, 2.24) is 0 Å². The predicted octanol–water partition coefficient (Wildman–Crippen LogP) is 2.56. The summed E-state index contributed by atoms with van der Waals surface area (Å²) in [5.74, 6) is 0.183. The van der Waals surface area contributed by atoms with Gasteiger partial charge in [-0.3, -0.25) is 0 Å². The summed E-state index contributed by atoms with van der Waals surface area (Å²) < 4.78 is 5.21. The number of benzene rings is 1. The fourth-order valence-electron chi connectivity index (χ4n) is 2.57. The highest BCUT2D eigenvalue weighted by Crippen LogP contribution is 2.45. The van der Waals surface area contributed by atoms with Crippen LogP contribution in [0.4, 0.5) is 0 Å². The number of nitriles is 2. The van der Waals surface area contributed by atoms with Crippen LogP contribution in [0.15, 0.2) is 18.2 Å². The molecule has 0 amide bonds. The SMILES string of the molecule is COc1ccc2c(c1)C(C)(C(C#N)C#N)CC2. The zero-order valence-corrected chi connectivity index (χ0v) is 10.0. The van der Waals surface area contributed by atoms with Crippen LogP contribution in [0, 0.1) is 28.6 Å². The monoisotopic (exact) mass is 226 g/mol. The third-order valence-electron chi connectivity index (χ3n) is 3.74. The molecule has 1 aromatic carbocycles. The van der Waals surface area contributed by atoms with Crippen LogP contribution >= 0.6 is 0 Å². The van der Waals surface area contributed by atoms with Gasteiger partial charge in [-0.1, -0.05) is 13.0 Å². The number of hydrogen-bond donors (Lipinski definition) is 0. The van der Waals surface area contributed by atoms with E-state index in [0.717, 1.165) is 24.2 Å². The minimum atomic E-state index is -0.601. The van der Waals surface area contributed by atoms with Crippen molar-refractivity contribution in [3.05, 3.63) is 29.3 Å². The van der Waals surface area contributed by atoms with E-state index in [0.29, 0.717) is 0 Å². The summed E-state index contributed by atoms with van der Waals surface area (Å²) in [6.07, 6.45) is 1.77. The molecule has 0 fully saturated rings. The van der Waals surface area contributed by atoms with Gasteiger partial charge in [-0.25, -0.2) is 0 Å². The van der Waals surface area contributed by atoms with Crippen LogP contribution in [0.25, 0.3) is 0 Å². The standard InChI is InChI=1S/C14H14N2O/c1-14(11(8-15)9-16)6-5-10-3-4-12(17-2)7-13(10)14/h3-4,7,11H,5-6H2,1-2H3. The quantitative estimate of drug-likeness (QED) is 0.778. The van der Waals surface area contributed by atoms with E-state index in [-0.39, 0.29) is 5.41 Å². The fourth-order valence-corrected chi connectivity index (χ4v) is 2.57. The molecular formula is C14H14N2O. The van der Waals surface area contributed by atoms with Gasteiger partial charge in [-0.2, -0.15) is 10.5 Å². The normalized spacial score (nSPS) is 21.7. The Hall–Kier alpha value is -2.00. The number of aryl methyl sites for hydroxylation is 1. The summed E-state index contributed by atoms with van der Waals surface area (Å²) in [6, 6.07) is 10.1. The summed E-state index contributed by atoms with van der Waals surface area (Å²) in [5, 5.41) is 18.2. The topological polar surface area (TPSA) is 56.8 Å². The first-order valence-corrected chi connectivity index (χ1v) is 5.62. The Morgan fingerprint density at radius 3 is 2.65 bits per heavy atom. The molecule has 0 heterocycles. The van der Waals surface area contributed by atoms with Crippen molar-refractivity contribution in [2.75, 3.05) is 7.11 Å². The van der Waals surface area contributed by atoms with Crippen molar-refractivity contribution in [1.29, 1.82) is 10.5 Å². The summed E-state index contributed by atoms with van der Waals surface area (Å²) >= 11 is 0. The van der Waals surface area contributed by atoms with E-state index in [4.69, 9.17) is 15.3 Å². The predicted molar refractivity (Wildman–Crippen MR) is 63.4 cm³/mol. The molecule has 86 valence electrons. The maximum atomic E-state index is 9.10. The number of hydrogen-bond acceptors (Lipinski definition) is 3. The van der Waals surface area contributed by atoms with Crippen LogP contribution in [-0.4, -0.2) is 7.11 Å². The van der Waals surface area contributed by atoms with Crippen molar-refractivity contribution >= 4 is 0 Å². The highest BCUT2D eigenvalue weighted by Gasteiger charge is 2.41. The molecule has 0 radical (unpaired) electrons. The lowest BCUT2D eigenvalue weighted by atomic mass is 9.74. The second-order valence-electron chi connectivity index (χ2n) is 4.63. The number of rotatable bonds is 2. The van der Waals surface area contributed by atoms with Gasteiger partial charge in [0.15, 0.2) is 0 Å². The molecule has 0 saturated heterocycles. The first-order valence-electron chi connectivity index (χ1n) is 5.62.